The molecule has 2 aromatic heterocycles. The summed E-state index contributed by atoms with van der Waals surface area (Å²) in [5.41, 5.74) is 6.23. The van der Waals surface area contributed by atoms with Gasteiger partial charge in [0.1, 0.15) is 17.7 Å². The summed E-state index contributed by atoms with van der Waals surface area (Å²) in [6.45, 7) is 8.44. The number of aromatic nitrogens is 3. The van der Waals surface area contributed by atoms with Gasteiger partial charge in [0.05, 0.1) is 23.9 Å². The minimum Gasteiger partial charge on any atom is -0.497 e. The second-order valence-corrected chi connectivity index (χ2v) is 7.87. The number of nitrogens with two attached hydrogens (primary N) is 1. The van der Waals surface area contributed by atoms with Gasteiger partial charge in [0.2, 0.25) is 0 Å². The maximum atomic E-state index is 6.55. The first-order valence-corrected chi connectivity index (χ1v) is 10.0. The average Bonchev–Trinajstić information content (AvgIpc) is 3.12. The molecule has 0 amide bonds. The van der Waals surface area contributed by atoms with Crippen LogP contribution in [0.3, 0.4) is 0 Å². The Morgan fingerprint density at radius 3 is 2.23 bits per heavy atom. The van der Waals surface area contributed by atoms with E-state index >= 15 is 0 Å². The first-order valence-electron chi connectivity index (χ1n) is 10.0. The molecule has 2 aromatic carbocycles. The van der Waals surface area contributed by atoms with Crippen LogP contribution in [0.25, 0.3) is 22.3 Å². The third-order valence-corrected chi connectivity index (χ3v) is 5.23. The summed E-state index contributed by atoms with van der Waals surface area (Å²) >= 11 is 0. The number of hydrogen-bond acceptors (Lipinski definition) is 5. The zero-order chi connectivity index (χ0) is 21.4. The van der Waals surface area contributed by atoms with Gasteiger partial charge in [0, 0.05) is 6.04 Å². The van der Waals surface area contributed by atoms with Crippen LogP contribution in [0.1, 0.15) is 31.0 Å². The molecule has 0 aliphatic carbocycles. The van der Waals surface area contributed by atoms with Crippen molar-refractivity contribution in [2.75, 3.05) is 12.1 Å². The van der Waals surface area contributed by atoms with Crippen molar-refractivity contribution in [3.8, 4) is 17.0 Å². The minimum absolute atomic E-state index is 0.217. The first kappa shape index (κ1) is 19.9. The third kappa shape index (κ3) is 3.50. The van der Waals surface area contributed by atoms with Gasteiger partial charge >= 0.3 is 0 Å². The number of fused-ring (bicyclic) bond motifs is 1. The number of ether oxygens (including phenoxy) is 1. The van der Waals surface area contributed by atoms with Crippen LogP contribution < -0.4 is 15.6 Å². The summed E-state index contributed by atoms with van der Waals surface area (Å²) in [5.74, 6) is 8.06. The standard InChI is InChI=1S/C24H27N5O/c1-15(2)28-22(18-6-8-20(30-5)9-7-18)13-21-23(28)26-14-27-24(21)29(25)19-11-16(3)10-17(4)12-19/h6-15H,25H2,1-5H3. The van der Waals surface area contributed by atoms with E-state index in [1.807, 2.05) is 12.1 Å². The molecule has 6 nitrogen and oxygen atoms in total. The van der Waals surface area contributed by atoms with Crippen molar-refractivity contribution in [2.45, 2.75) is 33.7 Å². The topological polar surface area (TPSA) is 69.2 Å². The Labute approximate surface area is 176 Å². The Kier molecular flexibility index (Phi) is 5.18. The molecule has 4 rings (SSSR count). The van der Waals surface area contributed by atoms with E-state index in [9.17, 15) is 0 Å². The quantitative estimate of drug-likeness (QED) is 0.362. The lowest BCUT2D eigenvalue weighted by Gasteiger charge is -2.19. The molecule has 4 aromatic rings. The van der Waals surface area contributed by atoms with E-state index in [4.69, 9.17) is 10.6 Å². The van der Waals surface area contributed by atoms with E-state index < -0.39 is 0 Å². The van der Waals surface area contributed by atoms with Crippen molar-refractivity contribution in [1.29, 1.82) is 0 Å². The molecule has 2 N–H and O–H groups in total. The Hall–Kier alpha value is -3.38. The van der Waals surface area contributed by atoms with Gasteiger partial charge in [0.15, 0.2) is 5.82 Å². The number of rotatable bonds is 5. The average molecular weight is 402 g/mol. The first-order chi connectivity index (χ1) is 14.4. The Morgan fingerprint density at radius 1 is 0.967 bits per heavy atom. The van der Waals surface area contributed by atoms with Crippen molar-refractivity contribution in [1.82, 2.24) is 14.5 Å². The summed E-state index contributed by atoms with van der Waals surface area (Å²) < 4.78 is 7.53. The van der Waals surface area contributed by atoms with Crippen LogP contribution in [0, 0.1) is 13.8 Å². The van der Waals surface area contributed by atoms with Crippen molar-refractivity contribution in [3.05, 3.63) is 66.0 Å². The van der Waals surface area contributed by atoms with Gasteiger partial charge in [0.25, 0.3) is 0 Å². The smallest absolute Gasteiger partial charge is 0.160 e. The molecule has 0 saturated carbocycles. The Bertz CT molecular complexity index is 1170. The molecular formula is C24H27N5O. The molecule has 0 aliphatic rings. The van der Waals surface area contributed by atoms with E-state index in [1.165, 1.54) is 0 Å². The van der Waals surface area contributed by atoms with Crippen LogP contribution >= 0.6 is 0 Å². The number of methoxy groups -OCH3 is 1. The molecule has 154 valence electrons. The number of hydrazine groups is 1. The highest BCUT2D eigenvalue weighted by atomic mass is 16.5. The molecule has 0 bridgehead atoms. The molecule has 6 heteroatoms. The monoisotopic (exact) mass is 401 g/mol. The highest BCUT2D eigenvalue weighted by Crippen LogP contribution is 2.36. The number of benzene rings is 2. The third-order valence-electron chi connectivity index (χ3n) is 5.23. The van der Waals surface area contributed by atoms with Crippen LogP contribution in [0.4, 0.5) is 11.5 Å². The van der Waals surface area contributed by atoms with Crippen molar-refractivity contribution < 1.29 is 4.74 Å². The zero-order valence-electron chi connectivity index (χ0n) is 18.0. The van der Waals surface area contributed by atoms with Gasteiger partial charge in [-0.05, 0) is 86.8 Å². The normalized spacial score (nSPS) is 11.3. The molecule has 0 spiro atoms. The molecule has 0 fully saturated rings. The molecule has 30 heavy (non-hydrogen) atoms. The second-order valence-electron chi connectivity index (χ2n) is 7.87. The van der Waals surface area contributed by atoms with E-state index in [1.54, 1.807) is 18.4 Å². The van der Waals surface area contributed by atoms with E-state index in [0.29, 0.717) is 5.82 Å². The van der Waals surface area contributed by atoms with Gasteiger partial charge in [-0.2, -0.15) is 0 Å². The molecular weight excluding hydrogens is 374 g/mol. The molecule has 0 unspecified atom stereocenters. The van der Waals surface area contributed by atoms with Gasteiger partial charge in [-0.3, -0.25) is 5.01 Å². The number of anilines is 2. The van der Waals surface area contributed by atoms with Gasteiger partial charge in [-0.1, -0.05) is 6.07 Å². The molecule has 0 radical (unpaired) electrons. The van der Waals surface area contributed by atoms with Gasteiger partial charge in [-0.15, -0.1) is 0 Å². The fourth-order valence-electron chi connectivity index (χ4n) is 3.93. The predicted molar refractivity (Wildman–Crippen MR) is 122 cm³/mol. The summed E-state index contributed by atoms with van der Waals surface area (Å²) in [6, 6.07) is 16.6. The lowest BCUT2D eigenvalue weighted by Crippen LogP contribution is -2.26. The van der Waals surface area contributed by atoms with Crippen molar-refractivity contribution >= 4 is 22.5 Å². The Balaban J connectivity index is 1.90. The predicted octanol–water partition coefficient (Wildman–Crippen LogP) is 5.32. The van der Waals surface area contributed by atoms with Crippen LogP contribution in [-0.4, -0.2) is 21.6 Å². The maximum absolute atomic E-state index is 6.55. The summed E-state index contributed by atoms with van der Waals surface area (Å²) in [6.07, 6.45) is 1.58. The van der Waals surface area contributed by atoms with Gasteiger partial charge < -0.3 is 9.30 Å². The van der Waals surface area contributed by atoms with Crippen molar-refractivity contribution in [2.24, 2.45) is 5.84 Å². The summed E-state index contributed by atoms with van der Waals surface area (Å²) in [7, 11) is 1.67. The molecule has 2 heterocycles. The Morgan fingerprint density at radius 2 is 1.63 bits per heavy atom. The maximum Gasteiger partial charge on any atom is 0.160 e. The van der Waals surface area contributed by atoms with E-state index in [2.05, 4.69) is 78.6 Å². The lowest BCUT2D eigenvalue weighted by molar-refractivity contribution is 0.415. The van der Waals surface area contributed by atoms with E-state index in [0.717, 1.165) is 44.9 Å². The van der Waals surface area contributed by atoms with Gasteiger partial charge in [-0.25, -0.2) is 15.8 Å². The zero-order valence-corrected chi connectivity index (χ0v) is 18.0. The van der Waals surface area contributed by atoms with E-state index in [-0.39, 0.29) is 6.04 Å². The highest BCUT2D eigenvalue weighted by molar-refractivity contribution is 5.94. The minimum atomic E-state index is 0.217. The van der Waals surface area contributed by atoms with Crippen LogP contribution in [0.5, 0.6) is 5.75 Å². The second kappa shape index (κ2) is 7.80. The summed E-state index contributed by atoms with van der Waals surface area (Å²) in [5, 5.41) is 2.56. The number of nitrogens with zero attached hydrogens (tertiary/aromatic N) is 4. The molecule has 0 saturated heterocycles. The fourth-order valence-corrected chi connectivity index (χ4v) is 3.93. The van der Waals surface area contributed by atoms with Crippen LogP contribution in [0.15, 0.2) is 54.9 Å². The van der Waals surface area contributed by atoms with Crippen molar-refractivity contribution in [3.63, 3.8) is 0 Å². The van der Waals surface area contributed by atoms with Crippen LogP contribution in [-0.2, 0) is 0 Å². The molecule has 0 atom stereocenters. The van der Waals surface area contributed by atoms with Crippen LogP contribution in [0.2, 0.25) is 0 Å². The highest BCUT2D eigenvalue weighted by Gasteiger charge is 2.20. The number of hydrogen-bond donors (Lipinski definition) is 1. The fraction of sp³-hybridized carbons (Fsp3) is 0.250. The lowest BCUT2D eigenvalue weighted by atomic mass is 10.1. The summed E-state index contributed by atoms with van der Waals surface area (Å²) in [4.78, 5) is 9.13. The molecule has 0 aliphatic heterocycles. The SMILES string of the molecule is COc1ccc(-c2cc3c(N(N)c4cc(C)cc(C)c4)ncnc3n2C(C)C)cc1. The number of aryl methyl sites for hydroxylation is 2. The largest absolute Gasteiger partial charge is 0.497 e.